The van der Waals surface area contributed by atoms with E-state index < -0.39 is 0 Å². The maximum Gasteiger partial charge on any atom is 0.275 e. The van der Waals surface area contributed by atoms with Crippen LogP contribution in [-0.2, 0) is 0 Å². The van der Waals surface area contributed by atoms with Gasteiger partial charge in [0.1, 0.15) is 0 Å². The van der Waals surface area contributed by atoms with Gasteiger partial charge in [-0.2, -0.15) is 5.10 Å². The van der Waals surface area contributed by atoms with E-state index in [2.05, 4.69) is 36.5 Å². The van der Waals surface area contributed by atoms with Crippen LogP contribution in [0.25, 0.3) is 5.69 Å². The summed E-state index contributed by atoms with van der Waals surface area (Å²) >= 11 is 0. The standard InChI is InChI=1S/C20H28N4O2/c1-14(2)13-26-18-12-24(16-7-5-4-6-8-16)23-19(18)20(25)22-17-11-21-10-9-15(17)3/h4-8,12,14-15,17,21H,9-11,13H2,1-3H3,(H,22,25). The van der Waals surface area contributed by atoms with Crippen molar-refractivity contribution in [3.63, 3.8) is 0 Å². The second kappa shape index (κ2) is 8.36. The van der Waals surface area contributed by atoms with E-state index in [4.69, 9.17) is 4.74 Å². The molecule has 140 valence electrons. The number of hydrogen-bond donors (Lipinski definition) is 2. The van der Waals surface area contributed by atoms with Gasteiger partial charge >= 0.3 is 0 Å². The largest absolute Gasteiger partial charge is 0.489 e. The number of rotatable bonds is 6. The van der Waals surface area contributed by atoms with Gasteiger partial charge in [0.05, 0.1) is 18.5 Å². The first kappa shape index (κ1) is 18.5. The average molecular weight is 356 g/mol. The van der Waals surface area contributed by atoms with Crippen molar-refractivity contribution in [3.05, 3.63) is 42.2 Å². The van der Waals surface area contributed by atoms with Crippen LogP contribution in [0.2, 0.25) is 0 Å². The third kappa shape index (κ3) is 4.43. The molecule has 2 aromatic rings. The molecule has 3 rings (SSSR count). The van der Waals surface area contributed by atoms with E-state index in [9.17, 15) is 4.79 Å². The number of piperidine rings is 1. The molecule has 1 saturated heterocycles. The van der Waals surface area contributed by atoms with E-state index in [0.29, 0.717) is 29.9 Å². The lowest BCUT2D eigenvalue weighted by molar-refractivity contribution is 0.0905. The Kier molecular flexibility index (Phi) is 5.93. The Balaban J connectivity index is 1.83. The third-order valence-electron chi connectivity index (χ3n) is 4.63. The number of benzene rings is 1. The van der Waals surface area contributed by atoms with Gasteiger partial charge in [-0.25, -0.2) is 4.68 Å². The zero-order valence-corrected chi connectivity index (χ0v) is 15.7. The number of carbonyl (C=O) groups excluding carboxylic acids is 1. The summed E-state index contributed by atoms with van der Waals surface area (Å²) in [5.41, 5.74) is 1.24. The van der Waals surface area contributed by atoms with Crippen LogP contribution in [0, 0.1) is 11.8 Å². The summed E-state index contributed by atoms with van der Waals surface area (Å²) in [6.45, 7) is 8.66. The molecule has 1 fully saturated rings. The zero-order valence-electron chi connectivity index (χ0n) is 15.7. The molecule has 2 N–H and O–H groups in total. The normalized spacial score (nSPS) is 20.2. The van der Waals surface area contributed by atoms with E-state index in [0.717, 1.165) is 25.2 Å². The molecule has 2 unspecified atom stereocenters. The summed E-state index contributed by atoms with van der Waals surface area (Å²) in [7, 11) is 0. The minimum Gasteiger partial charge on any atom is -0.489 e. The molecule has 0 spiro atoms. The topological polar surface area (TPSA) is 68.2 Å². The van der Waals surface area contributed by atoms with Crippen molar-refractivity contribution in [2.45, 2.75) is 33.2 Å². The maximum absolute atomic E-state index is 12.9. The number of hydrogen-bond acceptors (Lipinski definition) is 4. The number of nitrogens with one attached hydrogen (secondary N) is 2. The summed E-state index contributed by atoms with van der Waals surface area (Å²) in [6, 6.07) is 9.86. The Labute approximate surface area is 154 Å². The summed E-state index contributed by atoms with van der Waals surface area (Å²) < 4.78 is 7.58. The number of aromatic nitrogens is 2. The molecule has 6 nitrogen and oxygen atoms in total. The second-order valence-electron chi connectivity index (χ2n) is 7.38. The highest BCUT2D eigenvalue weighted by Gasteiger charge is 2.26. The van der Waals surface area contributed by atoms with Crippen LogP contribution in [0.1, 0.15) is 37.7 Å². The van der Waals surface area contributed by atoms with Gasteiger partial charge in [-0.15, -0.1) is 0 Å². The van der Waals surface area contributed by atoms with E-state index in [-0.39, 0.29) is 11.9 Å². The molecular weight excluding hydrogens is 328 g/mol. The van der Waals surface area contributed by atoms with Crippen molar-refractivity contribution in [2.24, 2.45) is 11.8 Å². The van der Waals surface area contributed by atoms with Crippen LogP contribution < -0.4 is 15.4 Å². The molecule has 0 aliphatic carbocycles. The van der Waals surface area contributed by atoms with Crippen molar-refractivity contribution in [1.29, 1.82) is 0 Å². The fraction of sp³-hybridized carbons (Fsp3) is 0.500. The molecule has 6 heteroatoms. The first-order valence-electron chi connectivity index (χ1n) is 9.34. The van der Waals surface area contributed by atoms with Crippen LogP contribution in [0.5, 0.6) is 5.75 Å². The van der Waals surface area contributed by atoms with Gasteiger partial charge in [0.15, 0.2) is 11.4 Å². The van der Waals surface area contributed by atoms with Crippen LogP contribution in [-0.4, -0.2) is 41.4 Å². The van der Waals surface area contributed by atoms with Crippen molar-refractivity contribution in [2.75, 3.05) is 19.7 Å². The molecule has 1 aromatic carbocycles. The quantitative estimate of drug-likeness (QED) is 0.835. The van der Waals surface area contributed by atoms with E-state index in [1.165, 1.54) is 0 Å². The molecule has 0 radical (unpaired) electrons. The van der Waals surface area contributed by atoms with Crippen LogP contribution in [0.3, 0.4) is 0 Å². The van der Waals surface area contributed by atoms with Gasteiger partial charge in [0, 0.05) is 12.6 Å². The second-order valence-corrected chi connectivity index (χ2v) is 7.38. The molecule has 1 aliphatic heterocycles. The molecule has 2 heterocycles. The van der Waals surface area contributed by atoms with Crippen molar-refractivity contribution >= 4 is 5.91 Å². The maximum atomic E-state index is 12.9. The summed E-state index contributed by atoms with van der Waals surface area (Å²) in [5, 5.41) is 11.0. The molecule has 0 saturated carbocycles. The average Bonchev–Trinajstić information content (AvgIpc) is 3.07. The molecular formula is C20H28N4O2. The number of ether oxygens (including phenoxy) is 1. The lowest BCUT2D eigenvalue weighted by Crippen LogP contribution is -2.50. The Morgan fingerprint density at radius 3 is 2.85 bits per heavy atom. The monoisotopic (exact) mass is 356 g/mol. The molecule has 1 aromatic heterocycles. The molecule has 1 aliphatic rings. The first-order valence-corrected chi connectivity index (χ1v) is 9.34. The van der Waals surface area contributed by atoms with Gasteiger partial charge in [-0.3, -0.25) is 4.79 Å². The number of amides is 1. The minimum absolute atomic E-state index is 0.107. The highest BCUT2D eigenvalue weighted by atomic mass is 16.5. The highest BCUT2D eigenvalue weighted by molar-refractivity contribution is 5.95. The Hall–Kier alpha value is -2.34. The van der Waals surface area contributed by atoms with E-state index in [1.54, 1.807) is 10.9 Å². The number of nitrogens with zero attached hydrogens (tertiary/aromatic N) is 2. The van der Waals surface area contributed by atoms with Gasteiger partial charge < -0.3 is 15.4 Å². The van der Waals surface area contributed by atoms with Crippen LogP contribution >= 0.6 is 0 Å². The van der Waals surface area contributed by atoms with Crippen LogP contribution in [0.15, 0.2) is 36.5 Å². The van der Waals surface area contributed by atoms with E-state index in [1.807, 2.05) is 30.3 Å². The van der Waals surface area contributed by atoms with Gasteiger partial charge in [0.25, 0.3) is 5.91 Å². The van der Waals surface area contributed by atoms with Gasteiger partial charge in [-0.05, 0) is 36.9 Å². The summed E-state index contributed by atoms with van der Waals surface area (Å²) in [6.07, 6.45) is 2.84. The molecule has 2 atom stereocenters. The molecule has 26 heavy (non-hydrogen) atoms. The summed E-state index contributed by atoms with van der Waals surface area (Å²) in [4.78, 5) is 12.9. The lowest BCUT2D eigenvalue weighted by Gasteiger charge is -2.30. The van der Waals surface area contributed by atoms with Crippen molar-refractivity contribution in [3.8, 4) is 11.4 Å². The Bertz CT molecular complexity index is 727. The molecule has 0 bridgehead atoms. The number of para-hydroxylation sites is 1. The smallest absolute Gasteiger partial charge is 0.275 e. The SMILES string of the molecule is CC(C)COc1cn(-c2ccccc2)nc1C(=O)NC1CNCCC1C. The van der Waals surface area contributed by atoms with E-state index >= 15 is 0 Å². The number of carbonyl (C=O) groups is 1. The zero-order chi connectivity index (χ0) is 18.5. The first-order chi connectivity index (χ1) is 12.5. The fourth-order valence-electron chi connectivity index (χ4n) is 3.01. The predicted molar refractivity (Wildman–Crippen MR) is 102 cm³/mol. The molecule has 1 amide bonds. The van der Waals surface area contributed by atoms with Crippen molar-refractivity contribution < 1.29 is 9.53 Å². The minimum atomic E-state index is -0.181. The van der Waals surface area contributed by atoms with Gasteiger partial charge in [0.2, 0.25) is 0 Å². The van der Waals surface area contributed by atoms with Gasteiger partial charge in [-0.1, -0.05) is 39.0 Å². The lowest BCUT2D eigenvalue weighted by atomic mass is 9.95. The highest BCUT2D eigenvalue weighted by Crippen LogP contribution is 2.21. The Morgan fingerprint density at radius 1 is 1.38 bits per heavy atom. The van der Waals surface area contributed by atoms with Crippen LogP contribution in [0.4, 0.5) is 0 Å². The predicted octanol–water partition coefficient (Wildman–Crippen LogP) is 2.63. The third-order valence-corrected chi connectivity index (χ3v) is 4.63. The Morgan fingerprint density at radius 2 is 2.15 bits per heavy atom. The van der Waals surface area contributed by atoms with Crippen molar-refractivity contribution in [1.82, 2.24) is 20.4 Å². The summed E-state index contributed by atoms with van der Waals surface area (Å²) in [5.74, 6) is 1.15. The fourth-order valence-corrected chi connectivity index (χ4v) is 3.01.